The number of nitrogens with one attached hydrogen (secondary N) is 2. The average Bonchev–Trinajstić information content (AvgIpc) is 2.72. The molecule has 1 aliphatic rings. The van der Waals surface area contributed by atoms with Gasteiger partial charge in [0.2, 0.25) is 5.78 Å². The van der Waals surface area contributed by atoms with Crippen LogP contribution in [-0.4, -0.2) is 27.4 Å². The summed E-state index contributed by atoms with van der Waals surface area (Å²) in [6.07, 6.45) is 1.36. The molecular weight excluding hydrogens is 378 g/mol. The van der Waals surface area contributed by atoms with Crippen LogP contribution < -0.4 is 10.9 Å². The number of pyridine rings is 1. The van der Waals surface area contributed by atoms with Gasteiger partial charge in [-0.3, -0.25) is 29.3 Å². The van der Waals surface area contributed by atoms with E-state index in [1.165, 1.54) is 36.5 Å². The fourth-order valence-electron chi connectivity index (χ4n) is 3.25. The second-order valence-electron chi connectivity index (χ2n) is 6.21. The number of nitro benzene ring substituents is 1. The first-order valence-electron chi connectivity index (χ1n) is 8.39. The van der Waals surface area contributed by atoms with Crippen LogP contribution >= 0.6 is 0 Å². The SMILES string of the molecule is O=C1c2ccccc2C(=O)c2c1ccc(C(=O)Nc1ccc[nH]c1=O)c2[N+](=O)[O-]. The number of aromatic nitrogens is 1. The van der Waals surface area contributed by atoms with Crippen LogP contribution in [0.5, 0.6) is 0 Å². The number of carbonyl (C=O) groups is 3. The normalized spacial score (nSPS) is 12.1. The standard InChI is InChI=1S/C20H11N3O6/c24-17-10-4-1-2-5-11(10)18(25)15-12(17)7-8-13(16(15)23(28)29)19(26)22-14-6-3-9-21-20(14)27/h1-9H,(H,21,27)(H,22,26). The van der Waals surface area contributed by atoms with Crippen LogP contribution in [0, 0.1) is 10.1 Å². The van der Waals surface area contributed by atoms with Gasteiger partial charge in [0.05, 0.1) is 4.92 Å². The van der Waals surface area contributed by atoms with Crippen LogP contribution in [0.25, 0.3) is 0 Å². The fourth-order valence-corrected chi connectivity index (χ4v) is 3.25. The molecule has 0 atom stereocenters. The second-order valence-corrected chi connectivity index (χ2v) is 6.21. The van der Waals surface area contributed by atoms with Gasteiger partial charge in [-0.15, -0.1) is 0 Å². The van der Waals surface area contributed by atoms with Crippen molar-refractivity contribution in [3.8, 4) is 0 Å². The minimum absolute atomic E-state index is 0.0326. The molecule has 0 radical (unpaired) electrons. The van der Waals surface area contributed by atoms with Crippen LogP contribution in [0.2, 0.25) is 0 Å². The van der Waals surface area contributed by atoms with E-state index in [0.717, 1.165) is 6.07 Å². The van der Waals surface area contributed by atoms with Crippen molar-refractivity contribution in [2.75, 3.05) is 5.32 Å². The van der Waals surface area contributed by atoms with Crippen molar-refractivity contribution in [2.24, 2.45) is 0 Å². The van der Waals surface area contributed by atoms with E-state index in [2.05, 4.69) is 10.3 Å². The van der Waals surface area contributed by atoms with Crippen LogP contribution in [0.4, 0.5) is 11.4 Å². The number of aromatic amines is 1. The fraction of sp³-hybridized carbons (Fsp3) is 0. The van der Waals surface area contributed by atoms with E-state index < -0.39 is 44.8 Å². The highest BCUT2D eigenvalue weighted by Gasteiger charge is 2.38. The second kappa shape index (κ2) is 6.64. The van der Waals surface area contributed by atoms with Gasteiger partial charge < -0.3 is 10.3 Å². The van der Waals surface area contributed by atoms with Crippen molar-refractivity contribution in [2.45, 2.75) is 0 Å². The van der Waals surface area contributed by atoms with Gasteiger partial charge in [0.1, 0.15) is 16.8 Å². The van der Waals surface area contributed by atoms with E-state index >= 15 is 0 Å². The monoisotopic (exact) mass is 389 g/mol. The predicted octanol–water partition coefficient (Wildman–Crippen LogP) is 2.31. The molecule has 29 heavy (non-hydrogen) atoms. The zero-order chi connectivity index (χ0) is 20.7. The summed E-state index contributed by atoms with van der Waals surface area (Å²) < 4.78 is 0. The summed E-state index contributed by atoms with van der Waals surface area (Å²) in [5.41, 5.74) is -2.32. The Morgan fingerprint density at radius 1 is 0.897 bits per heavy atom. The Labute approximate surface area is 162 Å². The number of fused-ring (bicyclic) bond motifs is 2. The first kappa shape index (κ1) is 18.0. The molecule has 2 aromatic carbocycles. The van der Waals surface area contributed by atoms with Crippen molar-refractivity contribution in [3.05, 3.63) is 103 Å². The highest BCUT2D eigenvalue weighted by Crippen LogP contribution is 2.35. The summed E-state index contributed by atoms with van der Waals surface area (Å²) in [6.45, 7) is 0. The van der Waals surface area contributed by atoms with E-state index in [9.17, 15) is 29.3 Å². The maximum absolute atomic E-state index is 12.9. The van der Waals surface area contributed by atoms with E-state index in [0.29, 0.717) is 0 Å². The molecule has 4 rings (SSSR count). The number of hydrogen-bond donors (Lipinski definition) is 2. The van der Waals surface area contributed by atoms with Gasteiger partial charge in [-0.25, -0.2) is 0 Å². The van der Waals surface area contributed by atoms with Crippen LogP contribution in [-0.2, 0) is 0 Å². The van der Waals surface area contributed by atoms with Gasteiger partial charge in [-0.1, -0.05) is 24.3 Å². The number of H-pyrrole nitrogens is 1. The molecule has 0 spiro atoms. The largest absolute Gasteiger partial charge is 0.327 e. The minimum Gasteiger partial charge on any atom is -0.327 e. The van der Waals surface area contributed by atoms with Gasteiger partial charge >= 0.3 is 0 Å². The number of anilines is 1. The Morgan fingerprint density at radius 2 is 1.59 bits per heavy atom. The van der Waals surface area contributed by atoms with Crippen molar-refractivity contribution < 1.29 is 19.3 Å². The summed E-state index contributed by atoms with van der Waals surface area (Å²) in [6, 6.07) is 11.1. The first-order chi connectivity index (χ1) is 13.9. The lowest BCUT2D eigenvalue weighted by Gasteiger charge is -2.18. The third-order valence-electron chi connectivity index (χ3n) is 4.56. The van der Waals surface area contributed by atoms with E-state index in [-0.39, 0.29) is 22.4 Å². The van der Waals surface area contributed by atoms with Crippen molar-refractivity contribution >= 4 is 28.8 Å². The lowest BCUT2D eigenvalue weighted by molar-refractivity contribution is -0.385. The van der Waals surface area contributed by atoms with Gasteiger partial charge in [0.15, 0.2) is 5.78 Å². The van der Waals surface area contributed by atoms with Crippen LogP contribution in [0.15, 0.2) is 59.5 Å². The van der Waals surface area contributed by atoms with E-state index in [1.807, 2.05) is 0 Å². The molecule has 0 aliphatic heterocycles. The molecule has 142 valence electrons. The Balaban J connectivity index is 1.88. The molecule has 0 saturated carbocycles. The molecule has 0 fully saturated rings. The van der Waals surface area contributed by atoms with Crippen molar-refractivity contribution in [1.29, 1.82) is 0 Å². The van der Waals surface area contributed by atoms with E-state index in [4.69, 9.17) is 0 Å². The molecule has 0 unspecified atom stereocenters. The smallest absolute Gasteiger partial charge is 0.294 e. The van der Waals surface area contributed by atoms with Crippen molar-refractivity contribution in [1.82, 2.24) is 4.98 Å². The highest BCUT2D eigenvalue weighted by atomic mass is 16.6. The summed E-state index contributed by atoms with van der Waals surface area (Å²) in [7, 11) is 0. The Kier molecular flexibility index (Phi) is 4.12. The van der Waals surface area contributed by atoms with E-state index in [1.54, 1.807) is 12.1 Å². The lowest BCUT2D eigenvalue weighted by atomic mass is 9.82. The number of hydrogen-bond acceptors (Lipinski definition) is 6. The number of nitro groups is 1. The number of ketones is 2. The average molecular weight is 389 g/mol. The Morgan fingerprint density at radius 3 is 2.24 bits per heavy atom. The molecular formula is C20H11N3O6. The molecule has 1 amide bonds. The van der Waals surface area contributed by atoms with Gasteiger partial charge in [-0.05, 0) is 24.3 Å². The molecule has 1 aromatic heterocycles. The highest BCUT2D eigenvalue weighted by molar-refractivity contribution is 6.30. The Bertz CT molecular complexity index is 1290. The predicted molar refractivity (Wildman–Crippen MR) is 101 cm³/mol. The summed E-state index contributed by atoms with van der Waals surface area (Å²) in [5.74, 6) is -2.20. The lowest BCUT2D eigenvalue weighted by Crippen LogP contribution is -2.25. The zero-order valence-electron chi connectivity index (χ0n) is 14.6. The molecule has 1 heterocycles. The third kappa shape index (κ3) is 2.81. The third-order valence-corrected chi connectivity index (χ3v) is 4.56. The van der Waals surface area contributed by atoms with Gasteiger partial charge in [0.25, 0.3) is 17.2 Å². The molecule has 9 nitrogen and oxygen atoms in total. The summed E-state index contributed by atoms with van der Waals surface area (Å²) in [4.78, 5) is 63.3. The summed E-state index contributed by atoms with van der Waals surface area (Å²) >= 11 is 0. The van der Waals surface area contributed by atoms with Crippen LogP contribution in [0.3, 0.4) is 0 Å². The zero-order valence-corrected chi connectivity index (χ0v) is 14.6. The van der Waals surface area contributed by atoms with Crippen molar-refractivity contribution in [3.63, 3.8) is 0 Å². The number of nitrogens with zero attached hydrogens (tertiary/aromatic N) is 1. The molecule has 2 N–H and O–H groups in total. The number of benzene rings is 2. The maximum atomic E-state index is 12.9. The number of rotatable bonds is 3. The molecule has 0 saturated heterocycles. The van der Waals surface area contributed by atoms with Gasteiger partial charge in [0, 0.05) is 22.9 Å². The number of carbonyl (C=O) groups excluding carboxylic acids is 3. The molecule has 3 aromatic rings. The van der Waals surface area contributed by atoms with Gasteiger partial charge in [-0.2, -0.15) is 0 Å². The molecule has 1 aliphatic carbocycles. The number of amides is 1. The topological polar surface area (TPSA) is 139 Å². The molecule has 0 bridgehead atoms. The maximum Gasteiger partial charge on any atom is 0.294 e. The first-order valence-corrected chi connectivity index (χ1v) is 8.39. The summed E-state index contributed by atoms with van der Waals surface area (Å²) in [5, 5.41) is 14.1. The minimum atomic E-state index is -0.949. The quantitative estimate of drug-likeness (QED) is 0.407. The molecule has 9 heteroatoms. The van der Waals surface area contributed by atoms with Crippen LogP contribution in [0.1, 0.15) is 42.2 Å². The Hall–Kier alpha value is -4.40.